The number of nitriles is 1. The van der Waals surface area contributed by atoms with Crippen LogP contribution in [0.5, 0.6) is 0 Å². The standard InChI is InChI=1S/C18H28N4O3/c1-20-8-5-18(4-3-15(20)23)14-22(10-9-21(18)2)16(24)17(13-19)6-11-25-12-7-17/h3-12,14H2,1-2H3. The van der Waals surface area contributed by atoms with Crippen molar-refractivity contribution in [3.63, 3.8) is 0 Å². The van der Waals surface area contributed by atoms with Gasteiger partial charge >= 0.3 is 0 Å². The lowest BCUT2D eigenvalue weighted by atomic mass is 9.79. The Morgan fingerprint density at radius 2 is 1.84 bits per heavy atom. The van der Waals surface area contributed by atoms with E-state index in [1.165, 1.54) is 0 Å². The van der Waals surface area contributed by atoms with Crippen LogP contribution in [0.2, 0.25) is 0 Å². The minimum Gasteiger partial charge on any atom is -0.381 e. The van der Waals surface area contributed by atoms with E-state index in [2.05, 4.69) is 18.0 Å². The highest BCUT2D eigenvalue weighted by Gasteiger charge is 2.48. The predicted molar refractivity (Wildman–Crippen MR) is 91.5 cm³/mol. The van der Waals surface area contributed by atoms with Crippen LogP contribution in [-0.4, -0.2) is 85.5 Å². The highest BCUT2D eigenvalue weighted by atomic mass is 16.5. The Bertz CT molecular complexity index is 581. The average molecular weight is 348 g/mol. The van der Waals surface area contributed by atoms with Crippen molar-refractivity contribution in [3.05, 3.63) is 0 Å². The second kappa shape index (κ2) is 6.93. The van der Waals surface area contributed by atoms with Gasteiger partial charge in [-0.05, 0) is 32.7 Å². The molecule has 138 valence electrons. The van der Waals surface area contributed by atoms with Crippen molar-refractivity contribution >= 4 is 11.8 Å². The first kappa shape index (κ1) is 18.2. The van der Waals surface area contributed by atoms with Crippen LogP contribution >= 0.6 is 0 Å². The van der Waals surface area contributed by atoms with Gasteiger partial charge in [0.25, 0.3) is 0 Å². The molecule has 3 rings (SSSR count). The largest absolute Gasteiger partial charge is 0.381 e. The molecule has 0 N–H and O–H groups in total. The van der Waals surface area contributed by atoms with Crippen LogP contribution in [0, 0.1) is 16.7 Å². The number of rotatable bonds is 1. The number of nitrogens with zero attached hydrogens (tertiary/aromatic N) is 4. The van der Waals surface area contributed by atoms with E-state index in [1.54, 1.807) is 4.90 Å². The summed E-state index contributed by atoms with van der Waals surface area (Å²) in [6.45, 7) is 3.68. The van der Waals surface area contributed by atoms with E-state index in [1.807, 2.05) is 11.9 Å². The van der Waals surface area contributed by atoms with Crippen molar-refractivity contribution in [2.24, 2.45) is 5.41 Å². The number of piperazine rings is 1. The maximum absolute atomic E-state index is 13.2. The third kappa shape index (κ3) is 3.25. The number of carbonyl (C=O) groups excluding carboxylic acids is 2. The number of hydrogen-bond donors (Lipinski definition) is 0. The normalized spacial score (nSPS) is 30.8. The van der Waals surface area contributed by atoms with E-state index >= 15 is 0 Å². The summed E-state index contributed by atoms with van der Waals surface area (Å²) in [4.78, 5) is 31.3. The van der Waals surface area contributed by atoms with Crippen LogP contribution in [0.1, 0.15) is 32.1 Å². The van der Waals surface area contributed by atoms with Gasteiger partial charge in [-0.15, -0.1) is 0 Å². The highest BCUT2D eigenvalue weighted by Crippen LogP contribution is 2.36. The van der Waals surface area contributed by atoms with Crippen molar-refractivity contribution in [2.75, 3.05) is 53.5 Å². The van der Waals surface area contributed by atoms with E-state index in [0.717, 1.165) is 19.4 Å². The average Bonchev–Trinajstić information content (AvgIpc) is 2.78. The summed E-state index contributed by atoms with van der Waals surface area (Å²) in [7, 11) is 3.94. The number of hydrogen-bond acceptors (Lipinski definition) is 5. The number of ether oxygens (including phenoxy) is 1. The summed E-state index contributed by atoms with van der Waals surface area (Å²) in [6.07, 6.45) is 3.09. The van der Waals surface area contributed by atoms with Crippen LogP contribution < -0.4 is 0 Å². The third-order valence-electron chi connectivity index (χ3n) is 6.40. The molecular weight excluding hydrogens is 320 g/mol. The third-order valence-corrected chi connectivity index (χ3v) is 6.40. The lowest BCUT2D eigenvalue weighted by Crippen LogP contribution is -2.64. The second-order valence-corrected chi connectivity index (χ2v) is 7.74. The summed E-state index contributed by atoms with van der Waals surface area (Å²) < 4.78 is 5.36. The Morgan fingerprint density at radius 1 is 1.12 bits per heavy atom. The molecule has 0 aromatic heterocycles. The zero-order chi connectivity index (χ0) is 18.1. The first-order valence-electron chi connectivity index (χ1n) is 9.16. The van der Waals surface area contributed by atoms with E-state index in [4.69, 9.17) is 4.74 Å². The van der Waals surface area contributed by atoms with Crippen LogP contribution in [0.15, 0.2) is 0 Å². The summed E-state index contributed by atoms with van der Waals surface area (Å²) >= 11 is 0. The zero-order valence-electron chi connectivity index (χ0n) is 15.3. The van der Waals surface area contributed by atoms with Crippen molar-refractivity contribution in [1.29, 1.82) is 5.26 Å². The van der Waals surface area contributed by atoms with E-state index in [-0.39, 0.29) is 17.4 Å². The Balaban J connectivity index is 1.79. The number of carbonyl (C=O) groups is 2. The molecule has 1 atom stereocenters. The van der Waals surface area contributed by atoms with Gasteiger partial charge in [0.2, 0.25) is 11.8 Å². The molecule has 0 bridgehead atoms. The van der Waals surface area contributed by atoms with Crippen LogP contribution in [0.4, 0.5) is 0 Å². The van der Waals surface area contributed by atoms with Gasteiger partial charge in [0, 0.05) is 58.4 Å². The van der Waals surface area contributed by atoms with Gasteiger partial charge in [-0.2, -0.15) is 5.26 Å². The summed E-state index contributed by atoms with van der Waals surface area (Å²) in [5, 5.41) is 9.70. The van der Waals surface area contributed by atoms with Crippen molar-refractivity contribution in [2.45, 2.75) is 37.6 Å². The molecule has 7 nitrogen and oxygen atoms in total. The molecule has 0 radical (unpaired) electrons. The number of likely N-dealkylation sites (N-methyl/N-ethyl adjacent to an activating group) is 1. The van der Waals surface area contributed by atoms with Crippen molar-refractivity contribution in [1.82, 2.24) is 14.7 Å². The van der Waals surface area contributed by atoms with Crippen molar-refractivity contribution < 1.29 is 14.3 Å². The van der Waals surface area contributed by atoms with Gasteiger partial charge in [0.05, 0.1) is 6.07 Å². The maximum atomic E-state index is 13.2. The lowest BCUT2D eigenvalue weighted by Gasteiger charge is -2.50. The Morgan fingerprint density at radius 3 is 2.52 bits per heavy atom. The molecule has 25 heavy (non-hydrogen) atoms. The molecule has 1 unspecified atom stereocenters. The Labute approximate surface area is 149 Å². The topological polar surface area (TPSA) is 76.9 Å². The fourth-order valence-electron chi connectivity index (χ4n) is 4.33. The van der Waals surface area contributed by atoms with E-state index in [9.17, 15) is 14.9 Å². The van der Waals surface area contributed by atoms with Gasteiger partial charge in [0.1, 0.15) is 5.41 Å². The van der Waals surface area contributed by atoms with Gasteiger partial charge in [0.15, 0.2) is 0 Å². The molecule has 0 aliphatic carbocycles. The number of amides is 2. The van der Waals surface area contributed by atoms with Crippen LogP contribution in [0.3, 0.4) is 0 Å². The van der Waals surface area contributed by atoms with Crippen LogP contribution in [0.25, 0.3) is 0 Å². The molecule has 3 fully saturated rings. The van der Waals surface area contributed by atoms with Gasteiger partial charge in [-0.3, -0.25) is 14.5 Å². The quantitative estimate of drug-likeness (QED) is 0.688. The fraction of sp³-hybridized carbons (Fsp3) is 0.833. The van der Waals surface area contributed by atoms with Gasteiger partial charge in [-0.25, -0.2) is 0 Å². The second-order valence-electron chi connectivity index (χ2n) is 7.74. The van der Waals surface area contributed by atoms with E-state index < -0.39 is 5.41 Å². The maximum Gasteiger partial charge on any atom is 0.243 e. The molecule has 3 aliphatic heterocycles. The smallest absolute Gasteiger partial charge is 0.243 e. The molecule has 3 aliphatic rings. The summed E-state index contributed by atoms with van der Waals surface area (Å²) in [5.74, 6) is 0.126. The Hall–Kier alpha value is -1.65. The monoisotopic (exact) mass is 348 g/mol. The number of likely N-dealkylation sites (tertiary alicyclic amines) is 1. The highest BCUT2D eigenvalue weighted by molar-refractivity contribution is 5.86. The molecule has 0 aromatic carbocycles. The molecule has 7 heteroatoms. The molecule has 2 amide bonds. The molecular formula is C18H28N4O3. The first-order chi connectivity index (χ1) is 11.9. The molecule has 0 aromatic rings. The minimum absolute atomic E-state index is 0.0466. The summed E-state index contributed by atoms with van der Waals surface area (Å²) in [5.41, 5.74) is -1.11. The molecule has 3 heterocycles. The van der Waals surface area contributed by atoms with Crippen LogP contribution in [-0.2, 0) is 14.3 Å². The van der Waals surface area contributed by atoms with Gasteiger partial charge < -0.3 is 14.5 Å². The molecule has 1 spiro atoms. The molecule has 3 saturated heterocycles. The lowest BCUT2D eigenvalue weighted by molar-refractivity contribution is -0.149. The Kier molecular flexibility index (Phi) is 5.03. The van der Waals surface area contributed by atoms with E-state index in [0.29, 0.717) is 52.1 Å². The van der Waals surface area contributed by atoms with Gasteiger partial charge in [-0.1, -0.05) is 0 Å². The fourth-order valence-corrected chi connectivity index (χ4v) is 4.33. The zero-order valence-corrected chi connectivity index (χ0v) is 15.3. The molecule has 0 saturated carbocycles. The van der Waals surface area contributed by atoms with Crippen molar-refractivity contribution in [3.8, 4) is 6.07 Å². The summed E-state index contributed by atoms with van der Waals surface area (Å²) in [6, 6.07) is 2.30. The first-order valence-corrected chi connectivity index (χ1v) is 9.16. The predicted octanol–water partition coefficient (Wildman–Crippen LogP) is 0.462. The SMILES string of the molecule is CN1CCC2(CCC1=O)CN(C(=O)C1(C#N)CCOCC1)CCN2C. The minimum atomic E-state index is -0.938.